The summed E-state index contributed by atoms with van der Waals surface area (Å²) in [5.41, 5.74) is -0.459. The van der Waals surface area contributed by atoms with Crippen LogP contribution in [0.3, 0.4) is 0 Å². The lowest BCUT2D eigenvalue weighted by molar-refractivity contribution is -0.147. The third kappa shape index (κ3) is 2.34. The number of halogens is 2. The van der Waals surface area contributed by atoms with Gasteiger partial charge >= 0.3 is 5.97 Å². The Morgan fingerprint density at radius 2 is 2.23 bits per heavy atom. The second kappa shape index (κ2) is 3.97. The molecule has 0 radical (unpaired) electrons. The molecule has 0 fully saturated rings. The molecule has 0 spiro atoms. The smallest absolute Gasteiger partial charge is 0.338 e. The Kier molecular flexibility index (Phi) is 3.15. The molecule has 0 aliphatic heterocycles. The molecule has 0 aliphatic carbocycles. The van der Waals surface area contributed by atoms with Crippen molar-refractivity contribution in [3.8, 4) is 0 Å². The van der Waals surface area contributed by atoms with Gasteiger partial charge in [-0.05, 0) is 34.7 Å². The molecule has 0 bridgehead atoms. The van der Waals surface area contributed by atoms with Crippen molar-refractivity contribution in [2.24, 2.45) is 0 Å². The molecule has 0 saturated carbocycles. The van der Waals surface area contributed by atoms with Gasteiger partial charge in [0.15, 0.2) is 6.10 Å². The van der Waals surface area contributed by atoms with Crippen LogP contribution in [0.25, 0.3) is 0 Å². The standard InChI is InChI=1S/C7H5FINO3/c8-3-1-2-4(9)10-5(3)6(11)7(12)13/h1-2,6,11H,(H,12,13). The molecule has 0 aromatic carbocycles. The molecule has 0 amide bonds. The first-order valence-corrected chi connectivity index (χ1v) is 4.33. The molecule has 1 aromatic heterocycles. The van der Waals surface area contributed by atoms with Gasteiger partial charge in [0.2, 0.25) is 0 Å². The molecule has 6 heteroatoms. The number of pyridine rings is 1. The fraction of sp³-hybridized carbons (Fsp3) is 0.143. The van der Waals surface area contributed by atoms with E-state index in [1.165, 1.54) is 6.07 Å². The summed E-state index contributed by atoms with van der Waals surface area (Å²) in [6.07, 6.45) is -1.91. The molecule has 1 heterocycles. The summed E-state index contributed by atoms with van der Waals surface area (Å²) in [5.74, 6) is -2.34. The third-order valence-electron chi connectivity index (χ3n) is 1.33. The van der Waals surface area contributed by atoms with Crippen LogP contribution in [0.4, 0.5) is 4.39 Å². The number of carbonyl (C=O) groups is 1. The zero-order valence-corrected chi connectivity index (χ0v) is 8.40. The lowest BCUT2D eigenvalue weighted by atomic mass is 10.2. The van der Waals surface area contributed by atoms with E-state index in [-0.39, 0.29) is 0 Å². The zero-order valence-electron chi connectivity index (χ0n) is 6.24. The third-order valence-corrected chi connectivity index (χ3v) is 1.93. The fourth-order valence-corrected chi connectivity index (χ4v) is 1.18. The Hall–Kier alpha value is -0.760. The van der Waals surface area contributed by atoms with Crippen LogP contribution < -0.4 is 0 Å². The van der Waals surface area contributed by atoms with E-state index in [0.29, 0.717) is 3.70 Å². The van der Waals surface area contributed by atoms with Crippen LogP contribution in [0.15, 0.2) is 12.1 Å². The molecule has 1 atom stereocenters. The summed E-state index contributed by atoms with van der Waals surface area (Å²) < 4.78 is 13.3. The molecular weight excluding hydrogens is 292 g/mol. The molecular formula is C7H5FINO3. The second-order valence-corrected chi connectivity index (χ2v) is 3.35. The van der Waals surface area contributed by atoms with E-state index in [0.717, 1.165) is 6.07 Å². The molecule has 0 aliphatic rings. The fourth-order valence-electron chi connectivity index (χ4n) is 0.742. The van der Waals surface area contributed by atoms with E-state index in [4.69, 9.17) is 10.2 Å². The van der Waals surface area contributed by atoms with Crippen molar-refractivity contribution in [3.63, 3.8) is 0 Å². The predicted octanol–water partition coefficient (Wildman–Crippen LogP) is 0.943. The maximum Gasteiger partial charge on any atom is 0.338 e. The quantitative estimate of drug-likeness (QED) is 0.629. The number of aliphatic carboxylic acids is 1. The Labute approximate surface area is 86.6 Å². The molecule has 4 nitrogen and oxygen atoms in total. The molecule has 1 unspecified atom stereocenters. The Morgan fingerprint density at radius 1 is 1.62 bits per heavy atom. The number of hydrogen-bond donors (Lipinski definition) is 2. The highest BCUT2D eigenvalue weighted by Gasteiger charge is 2.21. The number of aromatic nitrogens is 1. The van der Waals surface area contributed by atoms with Crippen molar-refractivity contribution >= 4 is 28.6 Å². The average Bonchev–Trinajstić information content (AvgIpc) is 2.08. The summed E-state index contributed by atoms with van der Waals surface area (Å²) in [5, 5.41) is 17.4. The molecule has 13 heavy (non-hydrogen) atoms. The van der Waals surface area contributed by atoms with Crippen molar-refractivity contribution in [2.75, 3.05) is 0 Å². The first-order chi connectivity index (χ1) is 6.02. The summed E-state index contributed by atoms with van der Waals surface area (Å²) in [6, 6.07) is 2.45. The lowest BCUT2D eigenvalue weighted by Crippen LogP contribution is -2.14. The number of carboxylic acid groups (broad SMARTS) is 1. The van der Waals surface area contributed by atoms with Crippen molar-refractivity contribution in [2.45, 2.75) is 6.10 Å². The average molecular weight is 297 g/mol. The number of rotatable bonds is 2. The lowest BCUT2D eigenvalue weighted by Gasteiger charge is -2.05. The van der Waals surface area contributed by atoms with Gasteiger partial charge in [-0.2, -0.15) is 0 Å². The van der Waals surface area contributed by atoms with Gasteiger partial charge < -0.3 is 10.2 Å². The number of aliphatic hydroxyl groups excluding tert-OH is 1. The number of carboxylic acids is 1. The monoisotopic (exact) mass is 297 g/mol. The van der Waals surface area contributed by atoms with Crippen molar-refractivity contribution in [1.29, 1.82) is 0 Å². The highest BCUT2D eigenvalue weighted by atomic mass is 127. The van der Waals surface area contributed by atoms with Gasteiger partial charge in [0.05, 0.1) is 0 Å². The van der Waals surface area contributed by atoms with Crippen LogP contribution in [0.5, 0.6) is 0 Å². The van der Waals surface area contributed by atoms with E-state index in [1.807, 2.05) is 0 Å². The second-order valence-electron chi connectivity index (χ2n) is 2.24. The van der Waals surface area contributed by atoms with Gasteiger partial charge in [0, 0.05) is 0 Å². The summed E-state index contributed by atoms with van der Waals surface area (Å²) in [7, 11) is 0. The van der Waals surface area contributed by atoms with Gasteiger partial charge in [-0.25, -0.2) is 14.2 Å². The van der Waals surface area contributed by atoms with Gasteiger partial charge in [-0.3, -0.25) is 0 Å². The highest BCUT2D eigenvalue weighted by Crippen LogP contribution is 2.15. The first kappa shape index (κ1) is 10.3. The van der Waals surface area contributed by atoms with Gasteiger partial charge in [-0.15, -0.1) is 0 Å². The molecule has 0 saturated heterocycles. The topological polar surface area (TPSA) is 70.4 Å². The normalized spacial score (nSPS) is 12.5. The summed E-state index contributed by atoms with van der Waals surface area (Å²) >= 11 is 1.80. The Balaban J connectivity index is 3.12. The minimum Gasteiger partial charge on any atom is -0.479 e. The van der Waals surface area contributed by atoms with E-state index >= 15 is 0 Å². The number of hydrogen-bond acceptors (Lipinski definition) is 3. The molecule has 2 N–H and O–H groups in total. The largest absolute Gasteiger partial charge is 0.479 e. The van der Waals surface area contributed by atoms with Gasteiger partial charge in [0.1, 0.15) is 15.2 Å². The maximum atomic E-state index is 12.9. The van der Waals surface area contributed by atoms with Crippen LogP contribution >= 0.6 is 22.6 Å². The van der Waals surface area contributed by atoms with Crippen molar-refractivity contribution in [3.05, 3.63) is 27.3 Å². The minimum absolute atomic E-state index is 0.425. The SMILES string of the molecule is O=C(O)C(O)c1nc(I)ccc1F. The van der Waals surface area contributed by atoms with Crippen LogP contribution in [-0.2, 0) is 4.79 Å². The van der Waals surface area contributed by atoms with Crippen molar-refractivity contribution in [1.82, 2.24) is 4.98 Å². The molecule has 1 rings (SSSR count). The van der Waals surface area contributed by atoms with Gasteiger partial charge in [0.25, 0.3) is 0 Å². The van der Waals surface area contributed by atoms with E-state index < -0.39 is 23.6 Å². The summed E-state index contributed by atoms with van der Waals surface area (Å²) in [6.45, 7) is 0. The van der Waals surface area contributed by atoms with Gasteiger partial charge in [-0.1, -0.05) is 0 Å². The van der Waals surface area contributed by atoms with E-state index in [1.54, 1.807) is 22.6 Å². The van der Waals surface area contributed by atoms with Crippen LogP contribution in [0, 0.1) is 9.52 Å². The molecule has 70 valence electrons. The number of aliphatic hydroxyl groups is 1. The van der Waals surface area contributed by atoms with Crippen LogP contribution in [0.1, 0.15) is 11.8 Å². The Bertz CT molecular complexity index is 345. The van der Waals surface area contributed by atoms with Crippen LogP contribution in [0.2, 0.25) is 0 Å². The minimum atomic E-state index is -1.91. The zero-order chi connectivity index (χ0) is 10.0. The maximum absolute atomic E-state index is 12.9. The molecule has 1 aromatic rings. The van der Waals surface area contributed by atoms with E-state index in [2.05, 4.69) is 4.98 Å². The summed E-state index contributed by atoms with van der Waals surface area (Å²) in [4.78, 5) is 13.9. The van der Waals surface area contributed by atoms with Crippen LogP contribution in [-0.4, -0.2) is 21.2 Å². The Morgan fingerprint density at radius 3 is 2.77 bits per heavy atom. The first-order valence-electron chi connectivity index (χ1n) is 3.25. The highest BCUT2D eigenvalue weighted by molar-refractivity contribution is 14.1. The van der Waals surface area contributed by atoms with E-state index in [9.17, 15) is 9.18 Å². The predicted molar refractivity (Wildman–Crippen MR) is 49.5 cm³/mol. The van der Waals surface area contributed by atoms with Crippen molar-refractivity contribution < 1.29 is 19.4 Å². The number of nitrogens with zero attached hydrogens (tertiary/aromatic N) is 1.